The first-order valence-electron chi connectivity index (χ1n) is 6.08. The second-order valence-corrected chi connectivity index (χ2v) is 4.71. The molecule has 0 saturated carbocycles. The molecule has 1 aliphatic heterocycles. The lowest BCUT2D eigenvalue weighted by molar-refractivity contribution is 0.103. The minimum atomic E-state index is -0.532. The fourth-order valence-electron chi connectivity index (χ4n) is 1.97. The number of aromatic nitrogens is 3. The quantitative estimate of drug-likeness (QED) is 0.840. The molecule has 0 aliphatic carbocycles. The molecule has 0 unspecified atom stereocenters. The van der Waals surface area contributed by atoms with Crippen LogP contribution >= 0.6 is 0 Å². The van der Waals surface area contributed by atoms with Crippen LogP contribution in [0.15, 0.2) is 24.4 Å². The van der Waals surface area contributed by atoms with Gasteiger partial charge in [-0.05, 0) is 19.1 Å². The Bertz CT molecular complexity index is 633. The van der Waals surface area contributed by atoms with Gasteiger partial charge in [-0.2, -0.15) is 0 Å². The summed E-state index contributed by atoms with van der Waals surface area (Å²) in [6.07, 6.45) is 1.58. The van der Waals surface area contributed by atoms with Crippen LogP contribution in [0.2, 0.25) is 0 Å². The lowest BCUT2D eigenvalue weighted by Gasteiger charge is -2.26. The van der Waals surface area contributed by atoms with E-state index >= 15 is 0 Å². The Morgan fingerprint density at radius 1 is 1.47 bits per heavy atom. The summed E-state index contributed by atoms with van der Waals surface area (Å²) in [5.41, 5.74) is 1.05. The summed E-state index contributed by atoms with van der Waals surface area (Å²) in [6.45, 7) is 3.44. The Kier molecular flexibility index (Phi) is 2.87. The number of rotatable bonds is 3. The van der Waals surface area contributed by atoms with Crippen molar-refractivity contribution in [1.29, 1.82) is 0 Å². The lowest BCUT2D eigenvalue weighted by atomic mass is 10.1. The molecule has 98 valence electrons. The highest BCUT2D eigenvalue weighted by Crippen LogP contribution is 2.16. The molecule has 5 nitrogen and oxygen atoms in total. The molecule has 1 aromatic carbocycles. The molecule has 6 heteroatoms. The van der Waals surface area contributed by atoms with Crippen molar-refractivity contribution in [2.24, 2.45) is 0 Å². The Hall–Kier alpha value is -2.08. The van der Waals surface area contributed by atoms with Crippen LogP contribution in [-0.2, 0) is 0 Å². The number of ketones is 1. The molecule has 1 aromatic heterocycles. The molecule has 1 aliphatic rings. The minimum Gasteiger partial charge on any atom is -0.312 e. The largest absolute Gasteiger partial charge is 0.312 e. The number of aryl methyl sites for hydroxylation is 1. The van der Waals surface area contributed by atoms with Gasteiger partial charge < -0.3 is 5.32 Å². The number of nitrogens with one attached hydrogen (secondary N) is 1. The average molecular weight is 260 g/mol. The van der Waals surface area contributed by atoms with E-state index in [1.807, 2.05) is 6.92 Å². The molecule has 2 heterocycles. The van der Waals surface area contributed by atoms with E-state index in [0.717, 1.165) is 18.7 Å². The summed E-state index contributed by atoms with van der Waals surface area (Å²) in [6, 6.07) is 4.68. The molecular formula is C13H13FN4O. The number of benzene rings is 1. The number of hydrogen-bond acceptors (Lipinski definition) is 4. The first-order chi connectivity index (χ1) is 9.15. The van der Waals surface area contributed by atoms with Crippen molar-refractivity contribution in [3.05, 3.63) is 47.0 Å². The summed E-state index contributed by atoms with van der Waals surface area (Å²) in [4.78, 5) is 12.2. The molecule has 0 radical (unpaired) electrons. The molecular weight excluding hydrogens is 247 g/mol. The van der Waals surface area contributed by atoms with Gasteiger partial charge in [-0.25, -0.2) is 9.07 Å². The maximum atomic E-state index is 13.7. The van der Waals surface area contributed by atoms with Crippen LogP contribution in [0.25, 0.3) is 0 Å². The molecule has 1 fully saturated rings. The fourth-order valence-corrected chi connectivity index (χ4v) is 1.97. The normalized spacial score (nSPS) is 15.3. The SMILES string of the molecule is Cc1ccc(F)c(C(=O)c2cn(C3CNC3)nn2)c1. The van der Waals surface area contributed by atoms with Crippen LogP contribution in [0.3, 0.4) is 0 Å². The average Bonchev–Trinajstić information content (AvgIpc) is 2.78. The third kappa shape index (κ3) is 2.15. The summed E-state index contributed by atoms with van der Waals surface area (Å²) in [7, 11) is 0. The van der Waals surface area contributed by atoms with E-state index in [4.69, 9.17) is 0 Å². The van der Waals surface area contributed by atoms with Crippen LogP contribution in [-0.4, -0.2) is 33.9 Å². The molecule has 19 heavy (non-hydrogen) atoms. The minimum absolute atomic E-state index is 0.0405. The van der Waals surface area contributed by atoms with Gasteiger partial charge in [0.05, 0.1) is 17.8 Å². The topological polar surface area (TPSA) is 59.8 Å². The van der Waals surface area contributed by atoms with Gasteiger partial charge in [0.2, 0.25) is 5.78 Å². The molecule has 0 amide bonds. The highest BCUT2D eigenvalue weighted by molar-refractivity contribution is 6.07. The molecule has 1 N–H and O–H groups in total. The second-order valence-electron chi connectivity index (χ2n) is 4.71. The van der Waals surface area contributed by atoms with Crippen molar-refractivity contribution in [2.45, 2.75) is 13.0 Å². The van der Waals surface area contributed by atoms with E-state index < -0.39 is 11.6 Å². The van der Waals surface area contributed by atoms with Crippen LogP contribution in [0.1, 0.15) is 27.7 Å². The molecule has 3 rings (SSSR count). The van der Waals surface area contributed by atoms with Crippen molar-refractivity contribution in [3.8, 4) is 0 Å². The van der Waals surface area contributed by atoms with Crippen molar-refractivity contribution in [3.63, 3.8) is 0 Å². The van der Waals surface area contributed by atoms with Gasteiger partial charge >= 0.3 is 0 Å². The van der Waals surface area contributed by atoms with E-state index in [2.05, 4.69) is 15.6 Å². The number of carbonyl (C=O) groups is 1. The number of halogens is 1. The van der Waals surface area contributed by atoms with Gasteiger partial charge in [0, 0.05) is 13.1 Å². The van der Waals surface area contributed by atoms with E-state index in [1.54, 1.807) is 16.9 Å². The molecule has 1 saturated heterocycles. The van der Waals surface area contributed by atoms with Crippen LogP contribution < -0.4 is 5.32 Å². The van der Waals surface area contributed by atoms with Crippen molar-refractivity contribution in [2.75, 3.05) is 13.1 Å². The lowest BCUT2D eigenvalue weighted by Crippen LogP contribution is -2.43. The van der Waals surface area contributed by atoms with E-state index in [0.29, 0.717) is 0 Å². The molecule has 0 bridgehead atoms. The Morgan fingerprint density at radius 3 is 2.95 bits per heavy atom. The van der Waals surface area contributed by atoms with Crippen LogP contribution in [0, 0.1) is 12.7 Å². The smallest absolute Gasteiger partial charge is 0.217 e. The first kappa shape index (κ1) is 12.0. The summed E-state index contributed by atoms with van der Waals surface area (Å²) < 4.78 is 15.3. The highest BCUT2D eigenvalue weighted by atomic mass is 19.1. The van der Waals surface area contributed by atoms with Gasteiger partial charge in [0.15, 0.2) is 5.69 Å². The molecule has 0 spiro atoms. The fraction of sp³-hybridized carbons (Fsp3) is 0.308. The number of hydrogen-bond donors (Lipinski definition) is 1. The number of nitrogens with zero attached hydrogens (tertiary/aromatic N) is 3. The van der Waals surface area contributed by atoms with Crippen molar-refractivity contribution < 1.29 is 9.18 Å². The zero-order valence-electron chi connectivity index (χ0n) is 10.4. The van der Waals surface area contributed by atoms with E-state index in [-0.39, 0.29) is 17.3 Å². The zero-order chi connectivity index (χ0) is 13.4. The van der Waals surface area contributed by atoms with Gasteiger partial charge in [-0.1, -0.05) is 16.8 Å². The third-order valence-electron chi connectivity index (χ3n) is 3.24. The van der Waals surface area contributed by atoms with Crippen LogP contribution in [0.5, 0.6) is 0 Å². The predicted octanol–water partition coefficient (Wildman–Crippen LogP) is 1.10. The third-order valence-corrected chi connectivity index (χ3v) is 3.24. The predicted molar refractivity (Wildman–Crippen MR) is 66.5 cm³/mol. The number of carbonyl (C=O) groups excluding carboxylic acids is 1. The summed E-state index contributed by atoms with van der Waals surface area (Å²) >= 11 is 0. The maximum absolute atomic E-state index is 13.7. The van der Waals surface area contributed by atoms with Gasteiger partial charge in [-0.15, -0.1) is 5.10 Å². The Morgan fingerprint density at radius 2 is 2.26 bits per heavy atom. The van der Waals surface area contributed by atoms with Crippen molar-refractivity contribution >= 4 is 5.78 Å². The van der Waals surface area contributed by atoms with Gasteiger partial charge in [0.25, 0.3) is 0 Å². The van der Waals surface area contributed by atoms with Gasteiger partial charge in [0.1, 0.15) is 5.82 Å². The maximum Gasteiger partial charge on any atom is 0.217 e. The standard InChI is InChI=1S/C13H13FN4O/c1-8-2-3-11(14)10(4-8)13(19)12-7-18(17-16-12)9-5-15-6-9/h2-4,7,9,15H,5-6H2,1H3. The monoisotopic (exact) mass is 260 g/mol. The van der Waals surface area contributed by atoms with E-state index in [1.165, 1.54) is 12.1 Å². The highest BCUT2D eigenvalue weighted by Gasteiger charge is 2.23. The zero-order valence-corrected chi connectivity index (χ0v) is 10.4. The Labute approximate surface area is 109 Å². The van der Waals surface area contributed by atoms with Crippen LogP contribution in [0.4, 0.5) is 4.39 Å². The second kappa shape index (κ2) is 4.55. The Balaban J connectivity index is 1.90. The first-order valence-corrected chi connectivity index (χ1v) is 6.08. The van der Waals surface area contributed by atoms with Gasteiger partial charge in [-0.3, -0.25) is 4.79 Å². The van der Waals surface area contributed by atoms with Crippen molar-refractivity contribution in [1.82, 2.24) is 20.3 Å². The summed E-state index contributed by atoms with van der Waals surface area (Å²) in [5.74, 6) is -0.963. The van der Waals surface area contributed by atoms with E-state index in [9.17, 15) is 9.18 Å². The summed E-state index contributed by atoms with van der Waals surface area (Å²) in [5, 5.41) is 10.9. The molecule has 2 aromatic rings. The molecule has 0 atom stereocenters.